The average Bonchev–Trinajstić information content (AvgIpc) is 1.97. The largest absolute Gasteiger partial charge is 0.325 e. The second-order valence-electron chi connectivity index (χ2n) is 1.86. The molecule has 12 heavy (non-hydrogen) atoms. The molecular weight excluding hydrogens is 181 g/mol. The van der Waals surface area contributed by atoms with E-state index in [1.165, 1.54) is 18.2 Å². The number of para-hydroxylation sites is 1. The number of amides is 1. The van der Waals surface area contributed by atoms with E-state index < -0.39 is 5.82 Å². The third kappa shape index (κ3) is 2.20. The highest BCUT2D eigenvalue weighted by Gasteiger charge is 2.03. The van der Waals surface area contributed by atoms with Crippen molar-refractivity contribution in [1.82, 2.24) is 0 Å². The van der Waals surface area contributed by atoms with Crippen molar-refractivity contribution in [3.8, 4) is 0 Å². The molecule has 1 aromatic rings. The van der Waals surface area contributed by atoms with Crippen molar-refractivity contribution in [2.75, 3.05) is 5.32 Å². The maximum atomic E-state index is 12.7. The maximum absolute atomic E-state index is 12.7. The second kappa shape index (κ2) is 4.72. The van der Waals surface area contributed by atoms with Crippen LogP contribution in [0, 0.1) is 5.82 Å². The fraction of sp³-hybridized carbons (Fsp3) is 0.125. The Morgan fingerprint density at radius 2 is 2.17 bits per heavy atom. The van der Waals surface area contributed by atoms with E-state index in [-0.39, 0.29) is 18.1 Å². The zero-order valence-electron chi connectivity index (χ0n) is 5.47. The van der Waals surface area contributed by atoms with Gasteiger partial charge in [-0.15, -0.1) is 0 Å². The van der Waals surface area contributed by atoms with Gasteiger partial charge in [0, 0.05) is 0 Å². The predicted molar refractivity (Wildman–Crippen MR) is 47.8 cm³/mol. The Morgan fingerprint density at radius 3 is 2.67 bits per heavy atom. The van der Waals surface area contributed by atoms with Crippen molar-refractivity contribution < 1.29 is 9.18 Å². The van der Waals surface area contributed by atoms with E-state index in [0.29, 0.717) is 6.41 Å². The van der Waals surface area contributed by atoms with Gasteiger partial charge in [0.15, 0.2) is 0 Å². The molecule has 1 rings (SSSR count). The van der Waals surface area contributed by atoms with Gasteiger partial charge in [-0.2, -0.15) is 0 Å². The highest BCUT2D eigenvalue weighted by Crippen LogP contribution is 2.23. The third-order valence-electron chi connectivity index (χ3n) is 1.17. The highest BCUT2D eigenvalue weighted by molar-refractivity contribution is 6.33. The van der Waals surface area contributed by atoms with Gasteiger partial charge < -0.3 is 5.32 Å². The molecule has 1 aromatic carbocycles. The summed E-state index contributed by atoms with van der Waals surface area (Å²) in [5.41, 5.74) is 0.0177. The summed E-state index contributed by atoms with van der Waals surface area (Å²) >= 11 is 5.55. The van der Waals surface area contributed by atoms with Gasteiger partial charge in [0.05, 0.1) is 10.7 Å². The molecule has 1 amide bonds. The number of halogens is 2. The number of hydrogen-bond donors (Lipinski definition) is 1. The SMILES string of the molecule is C.O=CNc1c(F)cccc1Cl. The molecule has 4 heteroatoms. The Bertz CT molecular complexity index is 258. The van der Waals surface area contributed by atoms with Crippen molar-refractivity contribution in [3.63, 3.8) is 0 Å². The molecule has 66 valence electrons. The number of rotatable bonds is 2. The summed E-state index contributed by atoms with van der Waals surface area (Å²) in [4.78, 5) is 9.94. The lowest BCUT2D eigenvalue weighted by Crippen LogP contribution is -1.97. The molecule has 0 unspecified atom stereocenters. The summed E-state index contributed by atoms with van der Waals surface area (Å²) in [6.45, 7) is 0. The number of carbonyl (C=O) groups is 1. The van der Waals surface area contributed by atoms with Crippen molar-refractivity contribution in [2.24, 2.45) is 0 Å². The molecule has 0 radical (unpaired) electrons. The quantitative estimate of drug-likeness (QED) is 0.713. The summed E-state index contributed by atoms with van der Waals surface area (Å²) < 4.78 is 12.7. The Labute approximate surface area is 75.3 Å². The van der Waals surface area contributed by atoms with Gasteiger partial charge in [0.1, 0.15) is 5.82 Å². The lowest BCUT2D eigenvalue weighted by Gasteiger charge is -2.01. The smallest absolute Gasteiger partial charge is 0.211 e. The number of hydrogen-bond acceptors (Lipinski definition) is 1. The van der Waals surface area contributed by atoms with E-state index >= 15 is 0 Å². The number of carbonyl (C=O) groups excluding carboxylic acids is 1. The summed E-state index contributed by atoms with van der Waals surface area (Å²) in [5.74, 6) is -0.537. The molecule has 0 aliphatic carbocycles. The van der Waals surface area contributed by atoms with Crippen LogP contribution >= 0.6 is 11.6 Å². The topological polar surface area (TPSA) is 29.1 Å². The van der Waals surface area contributed by atoms with Crippen LogP contribution < -0.4 is 5.32 Å². The summed E-state index contributed by atoms with van der Waals surface area (Å²) in [6.07, 6.45) is 0.379. The maximum Gasteiger partial charge on any atom is 0.211 e. The van der Waals surface area contributed by atoms with Crippen LogP contribution in [0.1, 0.15) is 7.43 Å². The summed E-state index contributed by atoms with van der Waals surface area (Å²) in [7, 11) is 0. The first-order valence-electron chi connectivity index (χ1n) is 2.90. The molecule has 0 aromatic heterocycles. The fourth-order valence-electron chi connectivity index (χ4n) is 0.695. The van der Waals surface area contributed by atoms with Crippen LogP contribution in [0.5, 0.6) is 0 Å². The minimum atomic E-state index is -0.537. The van der Waals surface area contributed by atoms with E-state index in [9.17, 15) is 9.18 Å². The van der Waals surface area contributed by atoms with Gasteiger partial charge in [-0.3, -0.25) is 4.79 Å². The predicted octanol–water partition coefficient (Wildman–Crippen LogP) is 2.68. The Hall–Kier alpha value is -1.09. The Balaban J connectivity index is 0.00000121. The molecule has 0 fully saturated rings. The zero-order valence-corrected chi connectivity index (χ0v) is 6.23. The van der Waals surface area contributed by atoms with Gasteiger partial charge in [0.25, 0.3) is 0 Å². The standard InChI is InChI=1S/C7H5ClFNO.CH4/c8-5-2-1-3-6(9)7(5)10-4-11;/h1-4H,(H,10,11);1H4. The van der Waals surface area contributed by atoms with Crippen LogP contribution in [0.4, 0.5) is 10.1 Å². The van der Waals surface area contributed by atoms with E-state index in [2.05, 4.69) is 5.32 Å². The molecule has 0 heterocycles. The first kappa shape index (κ1) is 10.9. The molecule has 0 saturated carbocycles. The highest BCUT2D eigenvalue weighted by atomic mass is 35.5. The van der Waals surface area contributed by atoms with E-state index in [4.69, 9.17) is 11.6 Å². The minimum absolute atomic E-state index is 0. The molecule has 1 N–H and O–H groups in total. The van der Waals surface area contributed by atoms with Crippen molar-refractivity contribution >= 4 is 23.7 Å². The summed E-state index contributed by atoms with van der Waals surface area (Å²) in [6, 6.07) is 4.18. The molecule has 2 nitrogen and oxygen atoms in total. The monoisotopic (exact) mass is 189 g/mol. The van der Waals surface area contributed by atoms with Crippen LogP contribution in [-0.4, -0.2) is 6.41 Å². The van der Waals surface area contributed by atoms with Gasteiger partial charge in [-0.25, -0.2) is 4.39 Å². The molecule has 0 aliphatic rings. The number of benzene rings is 1. The fourth-order valence-corrected chi connectivity index (χ4v) is 0.912. The van der Waals surface area contributed by atoms with Crippen LogP contribution in [0.3, 0.4) is 0 Å². The average molecular weight is 190 g/mol. The van der Waals surface area contributed by atoms with E-state index in [0.717, 1.165) is 0 Å². The first-order chi connectivity index (χ1) is 5.25. The zero-order chi connectivity index (χ0) is 8.27. The van der Waals surface area contributed by atoms with Gasteiger partial charge in [-0.1, -0.05) is 25.1 Å². The van der Waals surface area contributed by atoms with E-state index in [1.807, 2.05) is 0 Å². The van der Waals surface area contributed by atoms with Crippen molar-refractivity contribution in [3.05, 3.63) is 29.0 Å². The minimum Gasteiger partial charge on any atom is -0.325 e. The number of anilines is 1. The molecule has 0 spiro atoms. The molecule has 0 saturated heterocycles. The van der Waals surface area contributed by atoms with E-state index in [1.54, 1.807) is 0 Å². The third-order valence-corrected chi connectivity index (χ3v) is 1.48. The molecule has 0 atom stereocenters. The van der Waals surface area contributed by atoms with Crippen molar-refractivity contribution in [1.29, 1.82) is 0 Å². The van der Waals surface area contributed by atoms with Gasteiger partial charge >= 0.3 is 0 Å². The Kier molecular flexibility index (Phi) is 4.29. The van der Waals surface area contributed by atoms with Crippen molar-refractivity contribution in [2.45, 2.75) is 7.43 Å². The molecular formula is C8H9ClFNO. The van der Waals surface area contributed by atoms with Crippen LogP contribution in [-0.2, 0) is 4.79 Å². The normalized spacial score (nSPS) is 8.50. The summed E-state index contributed by atoms with van der Waals surface area (Å²) in [5, 5.41) is 2.35. The van der Waals surface area contributed by atoms with Gasteiger partial charge in [0.2, 0.25) is 6.41 Å². The second-order valence-corrected chi connectivity index (χ2v) is 2.27. The van der Waals surface area contributed by atoms with Gasteiger partial charge in [-0.05, 0) is 12.1 Å². The lowest BCUT2D eigenvalue weighted by molar-refractivity contribution is -0.105. The Morgan fingerprint density at radius 1 is 1.50 bits per heavy atom. The molecule has 0 aliphatic heterocycles. The van der Waals surface area contributed by atoms with Crippen LogP contribution in [0.15, 0.2) is 18.2 Å². The first-order valence-corrected chi connectivity index (χ1v) is 3.27. The van der Waals surface area contributed by atoms with Crippen LogP contribution in [0.2, 0.25) is 5.02 Å². The molecule has 0 bridgehead atoms. The number of nitrogens with one attached hydrogen (secondary N) is 1. The van der Waals surface area contributed by atoms with Crippen LogP contribution in [0.25, 0.3) is 0 Å². The lowest BCUT2D eigenvalue weighted by atomic mass is 10.3.